The average Bonchev–Trinajstić information content (AvgIpc) is 2.77. The maximum atomic E-state index is 12.1. The molecule has 0 saturated heterocycles. The van der Waals surface area contributed by atoms with E-state index in [1.165, 1.54) is 6.33 Å². The Balaban J connectivity index is 2.14. The van der Waals surface area contributed by atoms with Crippen LogP contribution in [0.1, 0.15) is 12.7 Å². The van der Waals surface area contributed by atoms with Crippen LogP contribution in [-0.2, 0) is 23.1 Å². The van der Waals surface area contributed by atoms with Gasteiger partial charge in [0, 0.05) is 17.1 Å². The molecule has 0 bridgehead atoms. The molecule has 1 heterocycles. The Labute approximate surface area is 102 Å². The van der Waals surface area contributed by atoms with E-state index >= 15 is 0 Å². The van der Waals surface area contributed by atoms with E-state index in [-0.39, 0.29) is 0 Å². The van der Waals surface area contributed by atoms with Gasteiger partial charge in [-0.15, -0.1) is 0 Å². The van der Waals surface area contributed by atoms with Gasteiger partial charge in [0.05, 0.1) is 16.6 Å². The standard InChI is InChI=1S/C11H14N4OS/c1-2-15-11(13-8-14-15)7-17(16)10-5-3-9(12)4-6-10/h3-6,8H,2,7,12H2,1H3. The van der Waals surface area contributed by atoms with Gasteiger partial charge in [-0.05, 0) is 31.2 Å². The first-order valence-corrected chi connectivity index (χ1v) is 6.63. The predicted octanol–water partition coefficient (Wildman–Crippen LogP) is 1.19. The average molecular weight is 250 g/mol. The summed E-state index contributed by atoms with van der Waals surface area (Å²) in [5.41, 5.74) is 6.25. The van der Waals surface area contributed by atoms with Crippen LogP contribution in [0.5, 0.6) is 0 Å². The summed E-state index contributed by atoms with van der Waals surface area (Å²) in [6.07, 6.45) is 1.49. The third-order valence-corrected chi connectivity index (χ3v) is 3.72. The van der Waals surface area contributed by atoms with E-state index in [1.807, 2.05) is 6.92 Å². The first-order chi connectivity index (χ1) is 8.20. The molecule has 1 aromatic carbocycles. The molecule has 0 spiro atoms. The molecular weight excluding hydrogens is 236 g/mol. The van der Waals surface area contributed by atoms with Crippen LogP contribution in [-0.4, -0.2) is 19.0 Å². The van der Waals surface area contributed by atoms with Crippen molar-refractivity contribution in [3.8, 4) is 0 Å². The van der Waals surface area contributed by atoms with Crippen LogP contribution in [0.2, 0.25) is 0 Å². The molecule has 5 nitrogen and oxygen atoms in total. The van der Waals surface area contributed by atoms with E-state index in [2.05, 4.69) is 10.1 Å². The van der Waals surface area contributed by atoms with Crippen LogP contribution in [0.25, 0.3) is 0 Å². The summed E-state index contributed by atoms with van der Waals surface area (Å²) < 4.78 is 13.8. The Morgan fingerprint density at radius 2 is 2.06 bits per heavy atom. The molecule has 0 aliphatic rings. The SMILES string of the molecule is CCn1ncnc1CS(=O)c1ccc(N)cc1. The highest BCUT2D eigenvalue weighted by Gasteiger charge is 2.09. The minimum atomic E-state index is -1.11. The fraction of sp³-hybridized carbons (Fsp3) is 0.273. The fourth-order valence-electron chi connectivity index (χ4n) is 1.48. The van der Waals surface area contributed by atoms with Crippen LogP contribution in [0.3, 0.4) is 0 Å². The van der Waals surface area contributed by atoms with Crippen LogP contribution in [0.15, 0.2) is 35.5 Å². The number of nitrogens with zero attached hydrogens (tertiary/aromatic N) is 3. The molecule has 90 valence electrons. The number of hydrogen-bond donors (Lipinski definition) is 1. The van der Waals surface area contributed by atoms with E-state index in [4.69, 9.17) is 5.73 Å². The maximum absolute atomic E-state index is 12.1. The van der Waals surface area contributed by atoms with Gasteiger partial charge in [-0.25, -0.2) is 9.67 Å². The number of aryl methyl sites for hydroxylation is 1. The van der Waals surface area contributed by atoms with Gasteiger partial charge in [-0.3, -0.25) is 4.21 Å². The Bertz CT molecular complexity index is 521. The van der Waals surface area contributed by atoms with Gasteiger partial charge in [0.1, 0.15) is 12.2 Å². The molecule has 0 saturated carbocycles. The van der Waals surface area contributed by atoms with Gasteiger partial charge >= 0.3 is 0 Å². The topological polar surface area (TPSA) is 73.8 Å². The molecule has 1 atom stereocenters. The zero-order chi connectivity index (χ0) is 12.3. The first-order valence-electron chi connectivity index (χ1n) is 5.31. The van der Waals surface area contributed by atoms with Crippen molar-refractivity contribution in [2.45, 2.75) is 24.1 Å². The summed E-state index contributed by atoms with van der Waals surface area (Å²) in [5.74, 6) is 1.11. The van der Waals surface area contributed by atoms with Crippen molar-refractivity contribution in [3.05, 3.63) is 36.4 Å². The van der Waals surface area contributed by atoms with Crippen molar-refractivity contribution in [3.63, 3.8) is 0 Å². The maximum Gasteiger partial charge on any atom is 0.139 e. The third-order valence-electron chi connectivity index (χ3n) is 2.40. The number of hydrogen-bond acceptors (Lipinski definition) is 4. The summed E-state index contributed by atoms with van der Waals surface area (Å²) >= 11 is 0. The zero-order valence-corrected chi connectivity index (χ0v) is 10.4. The van der Waals surface area contributed by atoms with E-state index in [9.17, 15) is 4.21 Å². The Morgan fingerprint density at radius 1 is 1.35 bits per heavy atom. The summed E-state index contributed by atoms with van der Waals surface area (Å²) in [7, 11) is -1.11. The molecule has 2 aromatic rings. The Morgan fingerprint density at radius 3 is 2.71 bits per heavy atom. The monoisotopic (exact) mass is 250 g/mol. The number of nitrogen functional groups attached to an aromatic ring is 1. The second-order valence-corrected chi connectivity index (χ2v) is 5.00. The lowest BCUT2D eigenvalue weighted by molar-refractivity contribution is 0.627. The van der Waals surface area contributed by atoms with Gasteiger partial charge in [0.2, 0.25) is 0 Å². The smallest absolute Gasteiger partial charge is 0.139 e. The lowest BCUT2D eigenvalue weighted by Crippen LogP contribution is -2.07. The molecule has 0 aliphatic heterocycles. The van der Waals surface area contributed by atoms with Crippen molar-refractivity contribution in [2.75, 3.05) is 5.73 Å². The van der Waals surface area contributed by atoms with Crippen LogP contribution < -0.4 is 5.73 Å². The van der Waals surface area contributed by atoms with E-state index in [1.54, 1.807) is 28.9 Å². The second kappa shape index (κ2) is 5.09. The van der Waals surface area contributed by atoms with E-state index in [0.717, 1.165) is 17.3 Å². The molecule has 2 rings (SSSR count). The molecular formula is C11H14N4OS. The Hall–Kier alpha value is -1.69. The molecule has 1 aromatic heterocycles. The summed E-state index contributed by atoms with van der Waals surface area (Å²) in [4.78, 5) is 4.86. The number of aromatic nitrogens is 3. The minimum Gasteiger partial charge on any atom is -0.399 e. The quantitative estimate of drug-likeness (QED) is 0.827. The highest BCUT2D eigenvalue weighted by molar-refractivity contribution is 7.84. The zero-order valence-electron chi connectivity index (χ0n) is 9.54. The highest BCUT2D eigenvalue weighted by Crippen LogP contribution is 2.13. The highest BCUT2D eigenvalue weighted by atomic mass is 32.2. The number of anilines is 1. The van der Waals surface area contributed by atoms with Crippen LogP contribution in [0, 0.1) is 0 Å². The normalized spacial score (nSPS) is 12.5. The van der Waals surface area contributed by atoms with E-state index < -0.39 is 10.8 Å². The number of rotatable bonds is 4. The lowest BCUT2D eigenvalue weighted by Gasteiger charge is -2.03. The predicted molar refractivity (Wildman–Crippen MR) is 66.7 cm³/mol. The molecule has 1 unspecified atom stereocenters. The molecule has 6 heteroatoms. The molecule has 0 radical (unpaired) electrons. The summed E-state index contributed by atoms with van der Waals surface area (Å²) in [6, 6.07) is 7.05. The van der Waals surface area contributed by atoms with Gasteiger partial charge in [-0.2, -0.15) is 5.10 Å². The van der Waals surface area contributed by atoms with Gasteiger partial charge in [0.15, 0.2) is 0 Å². The molecule has 0 aliphatic carbocycles. The molecule has 0 fully saturated rings. The minimum absolute atomic E-state index is 0.373. The summed E-state index contributed by atoms with van der Waals surface area (Å²) in [5, 5.41) is 4.05. The van der Waals surface area contributed by atoms with Crippen molar-refractivity contribution in [1.29, 1.82) is 0 Å². The van der Waals surface area contributed by atoms with Crippen molar-refractivity contribution in [1.82, 2.24) is 14.8 Å². The first kappa shape index (κ1) is 11.8. The van der Waals surface area contributed by atoms with Crippen LogP contribution >= 0.6 is 0 Å². The van der Waals surface area contributed by atoms with Gasteiger partial charge < -0.3 is 5.73 Å². The number of benzene rings is 1. The third kappa shape index (κ3) is 2.71. The Kier molecular flexibility index (Phi) is 3.53. The number of nitrogens with two attached hydrogens (primary N) is 1. The van der Waals surface area contributed by atoms with Gasteiger partial charge in [-0.1, -0.05) is 0 Å². The van der Waals surface area contributed by atoms with E-state index in [0.29, 0.717) is 11.4 Å². The molecule has 0 amide bonds. The van der Waals surface area contributed by atoms with Crippen molar-refractivity contribution < 1.29 is 4.21 Å². The second-order valence-electron chi connectivity index (χ2n) is 3.55. The van der Waals surface area contributed by atoms with Crippen molar-refractivity contribution >= 4 is 16.5 Å². The fourth-order valence-corrected chi connectivity index (χ4v) is 2.55. The molecule has 2 N–H and O–H groups in total. The lowest BCUT2D eigenvalue weighted by atomic mass is 10.3. The molecule has 17 heavy (non-hydrogen) atoms. The van der Waals surface area contributed by atoms with Crippen molar-refractivity contribution in [2.24, 2.45) is 0 Å². The van der Waals surface area contributed by atoms with Crippen LogP contribution in [0.4, 0.5) is 5.69 Å². The largest absolute Gasteiger partial charge is 0.399 e. The summed E-state index contributed by atoms with van der Waals surface area (Å²) in [6.45, 7) is 2.71. The van der Waals surface area contributed by atoms with Gasteiger partial charge in [0.25, 0.3) is 0 Å².